The molecule has 0 aliphatic rings. The average Bonchev–Trinajstić information content (AvgIpc) is 2.34. The van der Waals surface area contributed by atoms with Crippen molar-refractivity contribution in [3.63, 3.8) is 0 Å². The van der Waals surface area contributed by atoms with Crippen molar-refractivity contribution in [1.29, 1.82) is 0 Å². The van der Waals surface area contributed by atoms with Crippen molar-refractivity contribution >= 4 is 27.3 Å². The largest absolute Gasteiger partial charge is 0.354 e. The van der Waals surface area contributed by atoms with E-state index in [1.807, 2.05) is 13.0 Å². The summed E-state index contributed by atoms with van der Waals surface area (Å²) in [6.07, 6.45) is 0. The average molecular weight is 313 g/mol. The Labute approximate surface area is 123 Å². The van der Waals surface area contributed by atoms with Crippen LogP contribution in [0.5, 0.6) is 0 Å². The Morgan fingerprint density at radius 2 is 1.86 bits per heavy atom. The van der Waals surface area contributed by atoms with Crippen LogP contribution in [-0.2, 0) is 19.4 Å². The van der Waals surface area contributed by atoms with Gasteiger partial charge in [-0.05, 0) is 24.6 Å². The number of hydrogen-bond acceptors (Lipinski definition) is 5. The molecule has 0 radical (unpaired) electrons. The molecular formula is C13H19N3O4S. The van der Waals surface area contributed by atoms with Gasteiger partial charge in [0.2, 0.25) is 11.8 Å². The molecule has 0 unspecified atom stereocenters. The van der Waals surface area contributed by atoms with E-state index in [2.05, 4.69) is 10.6 Å². The van der Waals surface area contributed by atoms with Gasteiger partial charge < -0.3 is 16.4 Å². The van der Waals surface area contributed by atoms with Gasteiger partial charge in [-0.25, -0.2) is 8.42 Å². The number of benzene rings is 1. The topological polar surface area (TPSA) is 118 Å². The summed E-state index contributed by atoms with van der Waals surface area (Å²) in [7, 11) is -3.81. The molecule has 116 valence electrons. The SMILES string of the molecule is Cc1cccc(NC(=O)CS(=O)(=O)CC(=O)NCCN)c1. The minimum absolute atomic E-state index is 0.198. The molecule has 7 nitrogen and oxygen atoms in total. The number of aryl methyl sites for hydroxylation is 1. The molecule has 0 spiro atoms. The number of hydrogen-bond donors (Lipinski definition) is 3. The quantitative estimate of drug-likeness (QED) is 0.622. The summed E-state index contributed by atoms with van der Waals surface area (Å²) < 4.78 is 23.4. The second kappa shape index (κ2) is 7.75. The van der Waals surface area contributed by atoms with Crippen molar-refractivity contribution in [2.24, 2.45) is 5.73 Å². The predicted octanol–water partition coefficient (Wildman–Crippen LogP) is -0.577. The van der Waals surface area contributed by atoms with Crippen molar-refractivity contribution in [3.05, 3.63) is 29.8 Å². The molecular weight excluding hydrogens is 294 g/mol. The Morgan fingerprint density at radius 3 is 2.48 bits per heavy atom. The van der Waals surface area contributed by atoms with Gasteiger partial charge in [0.15, 0.2) is 9.84 Å². The maximum absolute atomic E-state index is 11.7. The number of amides is 2. The van der Waals surface area contributed by atoms with Crippen molar-refractivity contribution < 1.29 is 18.0 Å². The second-order valence-electron chi connectivity index (χ2n) is 4.59. The van der Waals surface area contributed by atoms with Crippen molar-refractivity contribution in [3.8, 4) is 0 Å². The third-order valence-corrected chi connectivity index (χ3v) is 3.87. The third kappa shape index (κ3) is 6.87. The third-order valence-electron chi connectivity index (χ3n) is 2.47. The lowest BCUT2D eigenvalue weighted by Gasteiger charge is -2.07. The fourth-order valence-corrected chi connectivity index (χ4v) is 2.71. The van der Waals surface area contributed by atoms with Crippen molar-refractivity contribution in [2.75, 3.05) is 29.9 Å². The number of nitrogens with one attached hydrogen (secondary N) is 2. The Hall–Kier alpha value is -1.93. The normalized spacial score (nSPS) is 11.0. The fourth-order valence-electron chi connectivity index (χ4n) is 1.63. The van der Waals surface area contributed by atoms with Gasteiger partial charge in [0.05, 0.1) is 0 Å². The molecule has 0 atom stereocenters. The highest BCUT2D eigenvalue weighted by Crippen LogP contribution is 2.09. The van der Waals surface area contributed by atoms with E-state index in [-0.39, 0.29) is 13.1 Å². The summed E-state index contributed by atoms with van der Waals surface area (Å²) in [6, 6.07) is 6.98. The van der Waals surface area contributed by atoms with Crippen LogP contribution < -0.4 is 16.4 Å². The lowest BCUT2D eigenvalue weighted by molar-refractivity contribution is -0.118. The minimum Gasteiger partial charge on any atom is -0.354 e. The second-order valence-corrected chi connectivity index (χ2v) is 6.65. The van der Waals surface area contributed by atoms with Gasteiger partial charge in [-0.1, -0.05) is 12.1 Å². The molecule has 0 aliphatic carbocycles. The van der Waals surface area contributed by atoms with Crippen LogP contribution in [0.2, 0.25) is 0 Å². The summed E-state index contributed by atoms with van der Waals surface area (Å²) in [5.41, 5.74) is 6.65. The molecule has 4 N–H and O–H groups in total. The number of sulfone groups is 1. The number of anilines is 1. The monoisotopic (exact) mass is 313 g/mol. The van der Waals surface area contributed by atoms with Crippen LogP contribution >= 0.6 is 0 Å². The Morgan fingerprint density at radius 1 is 1.19 bits per heavy atom. The first-order chi connectivity index (χ1) is 9.82. The zero-order chi connectivity index (χ0) is 15.9. The number of nitrogens with two attached hydrogens (primary N) is 1. The van der Waals surface area contributed by atoms with E-state index >= 15 is 0 Å². The van der Waals surface area contributed by atoms with Crippen LogP contribution in [0.25, 0.3) is 0 Å². The van der Waals surface area contributed by atoms with Crippen LogP contribution in [-0.4, -0.2) is 44.8 Å². The van der Waals surface area contributed by atoms with Crippen LogP contribution in [0.4, 0.5) is 5.69 Å². The summed E-state index contributed by atoms with van der Waals surface area (Å²) >= 11 is 0. The number of carbonyl (C=O) groups excluding carboxylic acids is 2. The lowest BCUT2D eigenvalue weighted by Crippen LogP contribution is -2.36. The Bertz CT molecular complexity index is 614. The molecule has 0 aromatic heterocycles. The molecule has 1 rings (SSSR count). The highest BCUT2D eigenvalue weighted by molar-refractivity contribution is 7.92. The summed E-state index contributed by atoms with van der Waals surface area (Å²) in [6.45, 7) is 2.28. The molecule has 2 amide bonds. The van der Waals surface area contributed by atoms with Crippen LogP contribution in [0.3, 0.4) is 0 Å². The van der Waals surface area contributed by atoms with E-state index in [9.17, 15) is 18.0 Å². The lowest BCUT2D eigenvalue weighted by atomic mass is 10.2. The highest BCUT2D eigenvalue weighted by atomic mass is 32.2. The van der Waals surface area contributed by atoms with E-state index in [1.54, 1.807) is 18.2 Å². The summed E-state index contributed by atoms with van der Waals surface area (Å²) in [4.78, 5) is 23.0. The number of carbonyl (C=O) groups is 2. The first-order valence-corrected chi connectivity index (χ1v) is 8.18. The van der Waals surface area contributed by atoms with E-state index in [1.165, 1.54) is 0 Å². The van der Waals surface area contributed by atoms with Crippen LogP contribution in [0.15, 0.2) is 24.3 Å². The summed E-state index contributed by atoms with van der Waals surface area (Å²) in [5, 5.41) is 4.83. The van der Waals surface area contributed by atoms with Gasteiger partial charge in [-0.2, -0.15) is 0 Å². The van der Waals surface area contributed by atoms with Crippen molar-refractivity contribution in [2.45, 2.75) is 6.92 Å². The van der Waals surface area contributed by atoms with E-state index in [0.29, 0.717) is 5.69 Å². The molecule has 0 saturated carbocycles. The molecule has 0 fully saturated rings. The molecule has 1 aromatic rings. The molecule has 0 aliphatic heterocycles. The minimum atomic E-state index is -3.81. The fraction of sp³-hybridized carbons (Fsp3) is 0.385. The standard InChI is InChI=1S/C13H19N3O4S/c1-10-3-2-4-11(7-10)16-13(18)9-21(19,20)8-12(17)15-6-5-14/h2-4,7H,5-6,8-9,14H2,1H3,(H,15,17)(H,16,18). The zero-order valence-corrected chi connectivity index (χ0v) is 12.6. The van der Waals surface area contributed by atoms with Gasteiger partial charge in [0.25, 0.3) is 0 Å². The molecule has 0 heterocycles. The first kappa shape index (κ1) is 17.1. The molecule has 0 saturated heterocycles. The maximum Gasteiger partial charge on any atom is 0.239 e. The molecule has 1 aromatic carbocycles. The van der Waals surface area contributed by atoms with Gasteiger partial charge in [0.1, 0.15) is 11.5 Å². The van der Waals surface area contributed by atoms with Crippen LogP contribution in [0.1, 0.15) is 5.56 Å². The first-order valence-electron chi connectivity index (χ1n) is 6.36. The van der Waals surface area contributed by atoms with Gasteiger partial charge in [-0.3, -0.25) is 9.59 Å². The van der Waals surface area contributed by atoms with Gasteiger partial charge >= 0.3 is 0 Å². The van der Waals surface area contributed by atoms with E-state index < -0.39 is 33.2 Å². The molecule has 0 bridgehead atoms. The van der Waals surface area contributed by atoms with E-state index in [4.69, 9.17) is 5.73 Å². The molecule has 8 heteroatoms. The maximum atomic E-state index is 11.7. The predicted molar refractivity (Wildman–Crippen MR) is 80.5 cm³/mol. The highest BCUT2D eigenvalue weighted by Gasteiger charge is 2.20. The smallest absolute Gasteiger partial charge is 0.239 e. The molecule has 21 heavy (non-hydrogen) atoms. The Balaban J connectivity index is 2.54. The van der Waals surface area contributed by atoms with Crippen LogP contribution in [0, 0.1) is 6.92 Å². The van der Waals surface area contributed by atoms with Gasteiger partial charge in [-0.15, -0.1) is 0 Å². The van der Waals surface area contributed by atoms with E-state index in [0.717, 1.165) is 5.56 Å². The Kier molecular flexibility index (Phi) is 6.32. The van der Waals surface area contributed by atoms with Crippen molar-refractivity contribution in [1.82, 2.24) is 5.32 Å². The zero-order valence-electron chi connectivity index (χ0n) is 11.8. The number of rotatable bonds is 7. The summed E-state index contributed by atoms with van der Waals surface area (Å²) in [5.74, 6) is -2.80. The van der Waals surface area contributed by atoms with Gasteiger partial charge in [0, 0.05) is 18.8 Å².